The molecular formula is C27H30N2O5. The molecule has 2 aromatic carbocycles. The second kappa shape index (κ2) is 10.5. The highest BCUT2D eigenvalue weighted by Crippen LogP contribution is 2.44. The molecule has 2 amide bonds. The van der Waals surface area contributed by atoms with Gasteiger partial charge < -0.3 is 20.5 Å². The molecule has 2 aliphatic rings. The zero-order valence-electron chi connectivity index (χ0n) is 19.3. The summed E-state index contributed by atoms with van der Waals surface area (Å²) in [6, 6.07) is 16.2. The highest BCUT2D eigenvalue weighted by Gasteiger charge is 2.31. The molecule has 0 heterocycles. The summed E-state index contributed by atoms with van der Waals surface area (Å²) in [6.45, 7) is 2.07. The molecule has 2 atom stereocenters. The van der Waals surface area contributed by atoms with Crippen LogP contribution in [0, 0.1) is 5.92 Å². The van der Waals surface area contributed by atoms with Crippen LogP contribution < -0.4 is 10.6 Å². The highest BCUT2D eigenvalue weighted by atomic mass is 16.5. The van der Waals surface area contributed by atoms with E-state index in [2.05, 4.69) is 34.9 Å². The van der Waals surface area contributed by atoms with E-state index in [0.717, 1.165) is 30.4 Å². The SMILES string of the molecule is C/C(=C\CNC(=O)OCC1c2ccccc2-c2ccccc21)C(=O)NC1CCCC1CC(=O)O. The predicted molar refractivity (Wildman–Crippen MR) is 128 cm³/mol. The van der Waals surface area contributed by atoms with Crippen LogP contribution in [0.2, 0.25) is 0 Å². The van der Waals surface area contributed by atoms with Crippen molar-refractivity contribution in [2.75, 3.05) is 13.2 Å². The van der Waals surface area contributed by atoms with Crippen molar-refractivity contribution < 1.29 is 24.2 Å². The Hall–Kier alpha value is -3.61. The van der Waals surface area contributed by atoms with Crippen molar-refractivity contribution in [3.63, 3.8) is 0 Å². The number of alkyl carbamates (subject to hydrolysis) is 1. The van der Waals surface area contributed by atoms with Gasteiger partial charge in [-0.15, -0.1) is 0 Å². The third-order valence-electron chi connectivity index (χ3n) is 6.77. The van der Waals surface area contributed by atoms with Gasteiger partial charge in [-0.3, -0.25) is 9.59 Å². The van der Waals surface area contributed by atoms with Gasteiger partial charge in [0.15, 0.2) is 0 Å². The van der Waals surface area contributed by atoms with E-state index in [1.807, 2.05) is 24.3 Å². The van der Waals surface area contributed by atoms with Gasteiger partial charge in [0.1, 0.15) is 6.61 Å². The van der Waals surface area contributed by atoms with E-state index in [4.69, 9.17) is 9.84 Å². The lowest BCUT2D eigenvalue weighted by Gasteiger charge is -2.19. The quantitative estimate of drug-likeness (QED) is 0.509. The summed E-state index contributed by atoms with van der Waals surface area (Å²) in [5.74, 6) is -1.12. The molecule has 1 saturated carbocycles. The Morgan fingerprint density at radius 3 is 2.32 bits per heavy atom. The number of fused-ring (bicyclic) bond motifs is 3. The Morgan fingerprint density at radius 2 is 1.68 bits per heavy atom. The maximum atomic E-state index is 12.5. The molecule has 2 aliphatic carbocycles. The number of carbonyl (C=O) groups excluding carboxylic acids is 2. The van der Waals surface area contributed by atoms with E-state index < -0.39 is 12.1 Å². The summed E-state index contributed by atoms with van der Waals surface area (Å²) in [6.07, 6.45) is 3.67. The number of amides is 2. The van der Waals surface area contributed by atoms with Crippen LogP contribution in [0.5, 0.6) is 0 Å². The number of carbonyl (C=O) groups is 3. The highest BCUT2D eigenvalue weighted by molar-refractivity contribution is 5.93. The average Bonchev–Trinajstić information content (AvgIpc) is 3.39. The molecular weight excluding hydrogens is 432 g/mol. The van der Waals surface area contributed by atoms with Crippen molar-refractivity contribution in [2.24, 2.45) is 5.92 Å². The topological polar surface area (TPSA) is 105 Å². The van der Waals surface area contributed by atoms with Crippen molar-refractivity contribution in [1.29, 1.82) is 0 Å². The van der Waals surface area contributed by atoms with Crippen molar-refractivity contribution in [3.05, 3.63) is 71.3 Å². The fraction of sp³-hybridized carbons (Fsp3) is 0.370. The number of ether oxygens (including phenoxy) is 1. The monoisotopic (exact) mass is 462 g/mol. The molecule has 7 heteroatoms. The van der Waals surface area contributed by atoms with E-state index in [0.29, 0.717) is 5.57 Å². The van der Waals surface area contributed by atoms with Crippen LogP contribution in [0.3, 0.4) is 0 Å². The minimum absolute atomic E-state index is 0.00799. The Kier molecular flexibility index (Phi) is 7.30. The van der Waals surface area contributed by atoms with Crippen LogP contribution in [0.25, 0.3) is 11.1 Å². The van der Waals surface area contributed by atoms with Gasteiger partial charge in [-0.25, -0.2) is 4.79 Å². The van der Waals surface area contributed by atoms with Crippen molar-refractivity contribution in [3.8, 4) is 11.1 Å². The van der Waals surface area contributed by atoms with Crippen LogP contribution in [0.15, 0.2) is 60.2 Å². The zero-order chi connectivity index (χ0) is 24.1. The number of hydrogen-bond acceptors (Lipinski definition) is 4. The standard InChI is InChI=1S/C27H30N2O5/c1-17(26(32)29-24-12-6-7-18(24)15-25(30)31)13-14-28-27(33)34-16-23-21-10-4-2-8-19(21)20-9-3-5-11-22(20)23/h2-5,8-11,13,18,23-24H,6-7,12,14-16H2,1H3,(H,28,33)(H,29,32)(H,30,31)/b17-13+. The lowest BCUT2D eigenvalue weighted by atomic mass is 9.98. The fourth-order valence-electron chi connectivity index (χ4n) is 5.01. The number of benzene rings is 2. The Balaban J connectivity index is 1.26. The van der Waals surface area contributed by atoms with Crippen molar-refractivity contribution in [1.82, 2.24) is 10.6 Å². The molecule has 0 spiro atoms. The Bertz CT molecular complexity index is 1060. The van der Waals surface area contributed by atoms with Crippen LogP contribution >= 0.6 is 0 Å². The lowest BCUT2D eigenvalue weighted by Crippen LogP contribution is -2.38. The van der Waals surface area contributed by atoms with E-state index >= 15 is 0 Å². The van der Waals surface area contributed by atoms with E-state index in [-0.39, 0.29) is 43.4 Å². The first-order chi connectivity index (χ1) is 16.4. The van der Waals surface area contributed by atoms with Crippen LogP contribution in [-0.4, -0.2) is 42.3 Å². The summed E-state index contributed by atoms with van der Waals surface area (Å²) >= 11 is 0. The third-order valence-corrected chi connectivity index (χ3v) is 6.77. The maximum Gasteiger partial charge on any atom is 0.407 e. The maximum absolute atomic E-state index is 12.5. The molecule has 0 aromatic heterocycles. The summed E-state index contributed by atoms with van der Waals surface area (Å²) in [5, 5.41) is 14.6. The molecule has 2 aromatic rings. The first-order valence-corrected chi connectivity index (χ1v) is 11.7. The van der Waals surface area contributed by atoms with Gasteiger partial charge in [-0.2, -0.15) is 0 Å². The molecule has 2 unspecified atom stereocenters. The summed E-state index contributed by atoms with van der Waals surface area (Å²) in [4.78, 5) is 35.8. The minimum atomic E-state index is -0.842. The van der Waals surface area contributed by atoms with Crippen molar-refractivity contribution >= 4 is 18.0 Å². The van der Waals surface area contributed by atoms with Gasteiger partial charge in [0.25, 0.3) is 0 Å². The number of aliphatic carboxylic acids is 1. The predicted octanol–water partition coefficient (Wildman–Crippen LogP) is 4.23. The molecule has 0 bridgehead atoms. The summed E-state index contributed by atoms with van der Waals surface area (Å²) in [7, 11) is 0. The average molecular weight is 463 g/mol. The minimum Gasteiger partial charge on any atom is -0.481 e. The largest absolute Gasteiger partial charge is 0.481 e. The first-order valence-electron chi connectivity index (χ1n) is 11.7. The molecule has 4 rings (SSSR count). The number of hydrogen-bond donors (Lipinski definition) is 3. The van der Waals surface area contributed by atoms with Gasteiger partial charge in [-0.05, 0) is 47.9 Å². The van der Waals surface area contributed by atoms with Gasteiger partial charge in [0.05, 0.1) is 6.42 Å². The van der Waals surface area contributed by atoms with Gasteiger partial charge in [-0.1, -0.05) is 61.0 Å². The molecule has 0 saturated heterocycles. The van der Waals surface area contributed by atoms with E-state index in [9.17, 15) is 14.4 Å². The molecule has 178 valence electrons. The van der Waals surface area contributed by atoms with Crippen molar-refractivity contribution in [2.45, 2.75) is 44.6 Å². The van der Waals surface area contributed by atoms with E-state index in [1.165, 1.54) is 11.1 Å². The normalized spacial score (nSPS) is 19.3. The number of carboxylic acids is 1. The van der Waals surface area contributed by atoms with E-state index in [1.54, 1.807) is 13.0 Å². The molecule has 1 fully saturated rings. The molecule has 3 N–H and O–H groups in total. The summed E-state index contributed by atoms with van der Waals surface area (Å²) in [5.41, 5.74) is 5.11. The molecule has 0 aliphatic heterocycles. The van der Waals surface area contributed by atoms with Crippen LogP contribution in [0.4, 0.5) is 4.79 Å². The molecule has 0 radical (unpaired) electrons. The second-order valence-electron chi connectivity index (χ2n) is 8.96. The molecule has 7 nitrogen and oxygen atoms in total. The zero-order valence-corrected chi connectivity index (χ0v) is 19.3. The smallest absolute Gasteiger partial charge is 0.407 e. The Morgan fingerprint density at radius 1 is 1.03 bits per heavy atom. The number of rotatable bonds is 8. The molecule has 34 heavy (non-hydrogen) atoms. The van der Waals surface area contributed by atoms with Crippen LogP contribution in [0.1, 0.15) is 49.7 Å². The Labute approximate surface area is 199 Å². The number of nitrogens with one attached hydrogen (secondary N) is 2. The fourth-order valence-corrected chi connectivity index (χ4v) is 5.01. The third kappa shape index (κ3) is 5.30. The van der Waals surface area contributed by atoms with Crippen LogP contribution in [-0.2, 0) is 14.3 Å². The van der Waals surface area contributed by atoms with Gasteiger partial charge >= 0.3 is 12.1 Å². The second-order valence-corrected chi connectivity index (χ2v) is 8.96. The summed E-state index contributed by atoms with van der Waals surface area (Å²) < 4.78 is 5.51. The first kappa shape index (κ1) is 23.5. The van der Waals surface area contributed by atoms with Gasteiger partial charge in [0.2, 0.25) is 5.91 Å². The van der Waals surface area contributed by atoms with Gasteiger partial charge in [0, 0.05) is 24.1 Å². The number of carboxylic acid groups (broad SMARTS) is 1. The lowest BCUT2D eigenvalue weighted by molar-refractivity contribution is -0.138.